The lowest BCUT2D eigenvalue weighted by molar-refractivity contribution is -0.141. The van der Waals surface area contributed by atoms with Gasteiger partial charge in [-0.2, -0.15) is 18.2 Å². The van der Waals surface area contributed by atoms with Crippen molar-refractivity contribution in [3.63, 3.8) is 0 Å². The van der Waals surface area contributed by atoms with Gasteiger partial charge in [-0.15, -0.1) is 0 Å². The molecule has 1 unspecified atom stereocenters. The molecule has 4 aromatic rings. The average Bonchev–Trinajstić information content (AvgIpc) is 3.42. The lowest BCUT2D eigenvalue weighted by Crippen LogP contribution is -2.34. The van der Waals surface area contributed by atoms with Crippen LogP contribution in [0.4, 0.5) is 19.2 Å². The van der Waals surface area contributed by atoms with E-state index in [2.05, 4.69) is 9.97 Å². The maximum atomic E-state index is 13.7. The Bertz CT molecular complexity index is 1540. The number of halogens is 3. The largest absolute Gasteiger partial charge is 0.437 e. The molecule has 3 heterocycles. The van der Waals surface area contributed by atoms with Crippen molar-refractivity contribution in [1.29, 1.82) is 0 Å². The van der Waals surface area contributed by atoms with Crippen molar-refractivity contribution < 1.29 is 27.2 Å². The minimum atomic E-state index is -4.81. The van der Waals surface area contributed by atoms with Crippen molar-refractivity contribution in [2.24, 2.45) is 5.92 Å². The van der Waals surface area contributed by atoms with E-state index in [9.17, 15) is 22.8 Å². The third-order valence-corrected chi connectivity index (χ3v) is 7.38. The van der Waals surface area contributed by atoms with Crippen LogP contribution in [-0.2, 0) is 19.0 Å². The summed E-state index contributed by atoms with van der Waals surface area (Å²) in [5.41, 5.74) is 3.15. The first-order valence-corrected chi connectivity index (χ1v) is 13.6. The van der Waals surface area contributed by atoms with Crippen LogP contribution >= 0.6 is 0 Å². The van der Waals surface area contributed by atoms with E-state index in [0.29, 0.717) is 35.8 Å². The molecule has 1 atom stereocenters. The molecule has 1 aliphatic rings. The first kappa shape index (κ1) is 28.3. The van der Waals surface area contributed by atoms with Crippen molar-refractivity contribution >= 4 is 17.6 Å². The van der Waals surface area contributed by atoms with Gasteiger partial charge >= 0.3 is 6.18 Å². The number of benzene rings is 2. The fraction of sp³-hybridized carbons (Fsp3) is 0.312. The number of hydrogen-bond acceptors (Lipinski definition) is 6. The Kier molecular flexibility index (Phi) is 8.06. The zero-order chi connectivity index (χ0) is 29.1. The number of nitrogens with zero attached hydrogens (tertiary/aromatic N) is 3. The van der Waals surface area contributed by atoms with Crippen LogP contribution in [0.1, 0.15) is 63.1 Å². The zero-order valence-electron chi connectivity index (χ0n) is 22.9. The number of anilines is 1. The third-order valence-electron chi connectivity index (χ3n) is 7.38. The van der Waals surface area contributed by atoms with Crippen LogP contribution in [-0.4, -0.2) is 34.6 Å². The van der Waals surface area contributed by atoms with Crippen molar-refractivity contribution in [1.82, 2.24) is 9.97 Å². The molecule has 0 N–H and O–H groups in total. The van der Waals surface area contributed by atoms with Crippen LogP contribution in [0.25, 0.3) is 11.3 Å². The van der Waals surface area contributed by atoms with Gasteiger partial charge in [-0.3, -0.25) is 14.6 Å². The Morgan fingerprint density at radius 1 is 1.00 bits per heavy atom. The van der Waals surface area contributed by atoms with Gasteiger partial charge in [0, 0.05) is 43.3 Å². The Hall–Kier alpha value is -4.27. The summed E-state index contributed by atoms with van der Waals surface area (Å²) in [5, 5.41) is 0. The summed E-state index contributed by atoms with van der Waals surface area (Å²) >= 11 is 0. The minimum absolute atomic E-state index is 0.0317. The van der Waals surface area contributed by atoms with Gasteiger partial charge in [0.1, 0.15) is 0 Å². The van der Waals surface area contributed by atoms with E-state index < -0.39 is 23.4 Å². The molecule has 5 rings (SSSR count). The van der Waals surface area contributed by atoms with Crippen LogP contribution in [0.15, 0.2) is 71.3 Å². The Balaban J connectivity index is 1.27. The van der Waals surface area contributed by atoms with Crippen molar-refractivity contribution in [2.45, 2.75) is 45.7 Å². The summed E-state index contributed by atoms with van der Waals surface area (Å²) in [6, 6.07) is 17.9. The summed E-state index contributed by atoms with van der Waals surface area (Å²) in [7, 11) is 0. The molecule has 2 aromatic carbocycles. The summed E-state index contributed by atoms with van der Waals surface area (Å²) < 4.78 is 46.6. The van der Waals surface area contributed by atoms with Crippen LogP contribution in [0.3, 0.4) is 0 Å². The molecular weight excluding hydrogens is 531 g/mol. The maximum absolute atomic E-state index is 13.7. The Morgan fingerprint density at radius 2 is 1.76 bits per heavy atom. The zero-order valence-corrected chi connectivity index (χ0v) is 22.9. The quantitative estimate of drug-likeness (QED) is 0.213. The average molecular weight is 562 g/mol. The molecular formula is C32H30F3N3O3. The summed E-state index contributed by atoms with van der Waals surface area (Å²) in [6.07, 6.45) is -1.45. The monoisotopic (exact) mass is 561 g/mol. The number of ketones is 2. The number of aryl methyl sites for hydroxylation is 1. The van der Waals surface area contributed by atoms with E-state index in [4.69, 9.17) is 4.42 Å². The molecule has 0 spiro atoms. The minimum Gasteiger partial charge on any atom is -0.420 e. The number of hydrogen-bond donors (Lipinski definition) is 0. The van der Waals surface area contributed by atoms with Crippen LogP contribution in [0.5, 0.6) is 0 Å². The number of rotatable bonds is 8. The number of carbonyl (C=O) groups is 2. The molecule has 0 saturated carbocycles. The van der Waals surface area contributed by atoms with Gasteiger partial charge in [0.05, 0.1) is 5.69 Å². The van der Waals surface area contributed by atoms with Crippen molar-refractivity contribution in [3.05, 3.63) is 101 Å². The van der Waals surface area contributed by atoms with Crippen LogP contribution in [0.2, 0.25) is 0 Å². The van der Waals surface area contributed by atoms with E-state index in [1.807, 2.05) is 38.1 Å². The highest BCUT2D eigenvalue weighted by Gasteiger charge is 2.42. The summed E-state index contributed by atoms with van der Waals surface area (Å²) in [4.78, 5) is 35.4. The smallest absolute Gasteiger partial charge is 0.420 e. The first-order chi connectivity index (χ1) is 19.6. The van der Waals surface area contributed by atoms with Crippen molar-refractivity contribution in [3.8, 4) is 11.3 Å². The standard InChI is InChI=1S/C32H30F3N3O3/c1-20-6-5-15-38(19-20)31-37-30(32(33,34)35)29(41-31)28(40)16-22-9-11-23(12-10-22)26-14-13-25(18-36-26)27(39)17-24-8-4-3-7-21(24)2/h3-4,7-14,18,20H,5-6,15-17,19H2,1-2H3. The molecule has 9 heteroatoms. The molecule has 0 radical (unpaired) electrons. The second-order valence-corrected chi connectivity index (χ2v) is 10.6. The van der Waals surface area contributed by atoms with E-state index in [-0.39, 0.29) is 24.6 Å². The first-order valence-electron chi connectivity index (χ1n) is 13.6. The molecule has 212 valence electrons. The predicted molar refractivity (Wildman–Crippen MR) is 149 cm³/mol. The van der Waals surface area contributed by atoms with Gasteiger partial charge < -0.3 is 9.32 Å². The molecule has 0 bridgehead atoms. The van der Waals surface area contributed by atoms with E-state index in [1.165, 1.54) is 6.20 Å². The molecule has 1 aliphatic heterocycles. The molecule has 6 nitrogen and oxygen atoms in total. The SMILES string of the molecule is Cc1ccccc1CC(=O)c1ccc(-c2ccc(CC(=O)c3oc(N4CCCC(C)C4)nc3C(F)(F)F)cc2)nc1. The number of Topliss-reactive ketones (excluding diaryl/α,β-unsaturated/α-hetero) is 2. The fourth-order valence-corrected chi connectivity index (χ4v) is 5.06. The molecule has 41 heavy (non-hydrogen) atoms. The van der Waals surface area contributed by atoms with Gasteiger partial charge in [0.25, 0.3) is 6.01 Å². The van der Waals surface area contributed by atoms with Crippen molar-refractivity contribution in [2.75, 3.05) is 18.0 Å². The molecule has 1 saturated heterocycles. The number of alkyl halides is 3. The molecule has 1 fully saturated rings. The normalized spacial score (nSPS) is 15.6. The lowest BCUT2D eigenvalue weighted by atomic mass is 9.99. The van der Waals surface area contributed by atoms with Gasteiger partial charge in [0.2, 0.25) is 11.5 Å². The number of carbonyl (C=O) groups excluding carboxylic acids is 2. The number of oxazole rings is 1. The van der Waals surface area contributed by atoms with E-state index >= 15 is 0 Å². The van der Waals surface area contributed by atoms with Gasteiger partial charge in [-0.25, -0.2) is 0 Å². The second kappa shape index (κ2) is 11.7. The number of pyridine rings is 1. The van der Waals surface area contributed by atoms with Crippen LogP contribution < -0.4 is 4.90 Å². The molecule has 0 aliphatic carbocycles. The lowest BCUT2D eigenvalue weighted by Gasteiger charge is -2.29. The fourth-order valence-electron chi connectivity index (χ4n) is 5.06. The summed E-state index contributed by atoms with van der Waals surface area (Å²) in [5.74, 6) is -1.28. The number of piperidine rings is 1. The third kappa shape index (κ3) is 6.56. The second-order valence-electron chi connectivity index (χ2n) is 10.6. The maximum Gasteiger partial charge on any atom is 0.437 e. The molecule has 0 amide bonds. The van der Waals surface area contributed by atoms with E-state index in [0.717, 1.165) is 29.5 Å². The highest BCUT2D eigenvalue weighted by atomic mass is 19.4. The Labute approximate surface area is 236 Å². The van der Waals surface area contributed by atoms with E-state index in [1.54, 1.807) is 41.3 Å². The van der Waals surface area contributed by atoms with Gasteiger partial charge in [0.15, 0.2) is 11.5 Å². The topological polar surface area (TPSA) is 76.3 Å². The molecule has 2 aromatic heterocycles. The highest BCUT2D eigenvalue weighted by molar-refractivity contribution is 5.98. The van der Waals surface area contributed by atoms with Crippen LogP contribution in [0, 0.1) is 12.8 Å². The Morgan fingerprint density at radius 3 is 2.41 bits per heavy atom. The summed E-state index contributed by atoms with van der Waals surface area (Å²) in [6.45, 7) is 5.05. The number of aromatic nitrogens is 2. The predicted octanol–water partition coefficient (Wildman–Crippen LogP) is 7.15. The highest BCUT2D eigenvalue weighted by Crippen LogP contribution is 2.35. The van der Waals surface area contributed by atoms with Gasteiger partial charge in [-0.05, 0) is 54.5 Å². The van der Waals surface area contributed by atoms with Gasteiger partial charge in [-0.1, -0.05) is 55.5 Å².